The standard InChI is InChI=1S/C19H21NO3S/c1-4-23-16-11-7-14(8-12-16)20-17(18(24-3)19(20)21)13-5-9-15(22-2)10-6-13/h5-12,17-18H,4H2,1-3H3. The average Bonchev–Trinajstić information content (AvgIpc) is 2.62. The number of hydrogen-bond donors (Lipinski definition) is 0. The first-order valence-electron chi connectivity index (χ1n) is 7.92. The van der Waals surface area contributed by atoms with Gasteiger partial charge in [-0.3, -0.25) is 4.79 Å². The maximum absolute atomic E-state index is 12.6. The zero-order chi connectivity index (χ0) is 17.1. The normalized spacial score (nSPS) is 19.8. The van der Waals surface area contributed by atoms with Gasteiger partial charge in [-0.2, -0.15) is 0 Å². The summed E-state index contributed by atoms with van der Waals surface area (Å²) in [7, 11) is 1.65. The van der Waals surface area contributed by atoms with Gasteiger partial charge in [0.1, 0.15) is 16.7 Å². The summed E-state index contributed by atoms with van der Waals surface area (Å²) < 4.78 is 10.7. The lowest BCUT2D eigenvalue weighted by molar-refractivity contribution is -0.123. The maximum atomic E-state index is 12.6. The molecule has 0 spiro atoms. The van der Waals surface area contributed by atoms with Crippen LogP contribution in [-0.2, 0) is 4.79 Å². The summed E-state index contributed by atoms with van der Waals surface area (Å²) >= 11 is 1.60. The van der Waals surface area contributed by atoms with E-state index in [-0.39, 0.29) is 17.2 Å². The molecule has 0 saturated carbocycles. The number of methoxy groups -OCH3 is 1. The second-order valence-electron chi connectivity index (χ2n) is 5.51. The smallest absolute Gasteiger partial charge is 0.243 e. The van der Waals surface area contributed by atoms with E-state index in [4.69, 9.17) is 9.47 Å². The maximum Gasteiger partial charge on any atom is 0.243 e. The van der Waals surface area contributed by atoms with Gasteiger partial charge in [0.15, 0.2) is 0 Å². The fourth-order valence-electron chi connectivity index (χ4n) is 2.97. The van der Waals surface area contributed by atoms with Gasteiger partial charge < -0.3 is 14.4 Å². The summed E-state index contributed by atoms with van der Waals surface area (Å²) in [6.07, 6.45) is 1.98. The van der Waals surface area contributed by atoms with Gasteiger partial charge in [-0.15, -0.1) is 11.8 Å². The lowest BCUT2D eigenvalue weighted by Gasteiger charge is -2.46. The summed E-state index contributed by atoms with van der Waals surface area (Å²) in [6, 6.07) is 15.7. The van der Waals surface area contributed by atoms with Gasteiger partial charge >= 0.3 is 0 Å². The molecule has 1 fully saturated rings. The molecule has 3 rings (SSSR count). The summed E-state index contributed by atoms with van der Waals surface area (Å²) in [6.45, 7) is 2.58. The van der Waals surface area contributed by atoms with Crippen molar-refractivity contribution < 1.29 is 14.3 Å². The molecule has 1 saturated heterocycles. The zero-order valence-corrected chi connectivity index (χ0v) is 14.9. The van der Waals surface area contributed by atoms with Crippen molar-refractivity contribution >= 4 is 23.4 Å². The van der Waals surface area contributed by atoms with Gasteiger partial charge in [-0.1, -0.05) is 12.1 Å². The minimum absolute atomic E-state index is 0.0383. The third-order valence-corrected chi connectivity index (χ3v) is 5.15. The Balaban J connectivity index is 1.88. The Morgan fingerprint density at radius 2 is 1.67 bits per heavy atom. The van der Waals surface area contributed by atoms with Crippen LogP contribution in [0.3, 0.4) is 0 Å². The molecule has 0 bridgehead atoms. The molecule has 2 unspecified atom stereocenters. The van der Waals surface area contributed by atoms with E-state index in [9.17, 15) is 4.79 Å². The van der Waals surface area contributed by atoms with E-state index in [1.807, 2.05) is 66.6 Å². The van der Waals surface area contributed by atoms with Crippen LogP contribution in [0.4, 0.5) is 5.69 Å². The number of carbonyl (C=O) groups excluding carboxylic acids is 1. The number of anilines is 1. The molecule has 0 N–H and O–H groups in total. The highest BCUT2D eigenvalue weighted by molar-refractivity contribution is 8.00. The molecule has 4 nitrogen and oxygen atoms in total. The molecule has 1 aliphatic heterocycles. The van der Waals surface area contributed by atoms with E-state index >= 15 is 0 Å². The van der Waals surface area contributed by atoms with Crippen LogP contribution in [0.5, 0.6) is 11.5 Å². The monoisotopic (exact) mass is 343 g/mol. The Morgan fingerprint density at radius 1 is 1.04 bits per heavy atom. The van der Waals surface area contributed by atoms with Crippen LogP contribution in [0, 0.1) is 0 Å². The Labute approximate surface area is 146 Å². The number of β-lactam (4-membered cyclic amide) rings is 1. The first-order chi connectivity index (χ1) is 11.7. The van der Waals surface area contributed by atoms with Crippen LogP contribution in [0.2, 0.25) is 0 Å². The molecular weight excluding hydrogens is 322 g/mol. The lowest BCUT2D eigenvalue weighted by Crippen LogP contribution is -2.57. The molecular formula is C19H21NO3S. The van der Waals surface area contributed by atoms with Crippen LogP contribution >= 0.6 is 11.8 Å². The third kappa shape index (κ3) is 2.96. The van der Waals surface area contributed by atoms with Gasteiger partial charge in [0.05, 0.1) is 19.8 Å². The van der Waals surface area contributed by atoms with Crippen LogP contribution < -0.4 is 14.4 Å². The molecule has 126 valence electrons. The molecule has 24 heavy (non-hydrogen) atoms. The first-order valence-corrected chi connectivity index (χ1v) is 9.21. The molecule has 0 radical (unpaired) electrons. The van der Waals surface area contributed by atoms with E-state index in [0.29, 0.717) is 6.61 Å². The fourth-order valence-corrected chi connectivity index (χ4v) is 3.83. The van der Waals surface area contributed by atoms with Gasteiger partial charge in [-0.25, -0.2) is 0 Å². The summed E-state index contributed by atoms with van der Waals surface area (Å²) in [4.78, 5) is 14.4. The molecule has 0 aliphatic carbocycles. The van der Waals surface area contributed by atoms with Crippen molar-refractivity contribution in [1.82, 2.24) is 0 Å². The summed E-state index contributed by atoms with van der Waals surface area (Å²) in [5.74, 6) is 1.78. The molecule has 5 heteroatoms. The molecule has 2 aromatic rings. The number of benzene rings is 2. The zero-order valence-electron chi connectivity index (χ0n) is 14.1. The van der Waals surface area contributed by atoms with Crippen molar-refractivity contribution in [2.75, 3.05) is 24.9 Å². The van der Waals surface area contributed by atoms with Gasteiger partial charge in [0.25, 0.3) is 0 Å². The van der Waals surface area contributed by atoms with Crippen LogP contribution in [0.1, 0.15) is 18.5 Å². The largest absolute Gasteiger partial charge is 0.497 e. The highest BCUT2D eigenvalue weighted by atomic mass is 32.2. The van der Waals surface area contributed by atoms with E-state index in [0.717, 1.165) is 22.7 Å². The number of nitrogens with zero attached hydrogens (tertiary/aromatic N) is 1. The first kappa shape index (κ1) is 16.7. The van der Waals surface area contributed by atoms with Crippen molar-refractivity contribution in [3.63, 3.8) is 0 Å². The van der Waals surface area contributed by atoms with Crippen LogP contribution in [0.25, 0.3) is 0 Å². The SMILES string of the molecule is CCOc1ccc(N2C(=O)C(SC)C2c2ccc(OC)cc2)cc1. The fraction of sp³-hybridized carbons (Fsp3) is 0.316. The van der Waals surface area contributed by atoms with Crippen LogP contribution in [-0.4, -0.2) is 31.1 Å². The van der Waals surface area contributed by atoms with Gasteiger partial charge in [0.2, 0.25) is 5.91 Å². The second-order valence-corrected chi connectivity index (χ2v) is 6.49. The van der Waals surface area contributed by atoms with Crippen LogP contribution in [0.15, 0.2) is 48.5 Å². The van der Waals surface area contributed by atoms with Crippen molar-refractivity contribution in [3.05, 3.63) is 54.1 Å². The lowest BCUT2D eigenvalue weighted by atomic mass is 9.92. The predicted octanol–water partition coefficient (Wildman–Crippen LogP) is 3.91. The third-order valence-electron chi connectivity index (χ3n) is 4.18. The quantitative estimate of drug-likeness (QED) is 0.746. The van der Waals surface area contributed by atoms with Gasteiger partial charge in [-0.05, 0) is 55.1 Å². The number of thioether (sulfide) groups is 1. The summed E-state index contributed by atoms with van der Waals surface area (Å²) in [5, 5.41) is -0.0510. The minimum Gasteiger partial charge on any atom is -0.497 e. The Hall–Kier alpha value is -2.14. The predicted molar refractivity (Wildman–Crippen MR) is 98.1 cm³/mol. The van der Waals surface area contributed by atoms with E-state index in [1.54, 1.807) is 18.9 Å². The average molecular weight is 343 g/mol. The topological polar surface area (TPSA) is 38.8 Å². The Bertz CT molecular complexity index is 700. The number of carbonyl (C=O) groups is 1. The molecule has 1 heterocycles. The van der Waals surface area contributed by atoms with Crippen molar-refractivity contribution in [2.24, 2.45) is 0 Å². The van der Waals surface area contributed by atoms with E-state index in [1.165, 1.54) is 0 Å². The molecule has 1 aliphatic rings. The highest BCUT2D eigenvalue weighted by Gasteiger charge is 2.48. The number of amides is 1. The molecule has 2 atom stereocenters. The van der Waals surface area contributed by atoms with Crippen molar-refractivity contribution in [1.29, 1.82) is 0 Å². The number of ether oxygens (including phenoxy) is 2. The Morgan fingerprint density at radius 3 is 2.21 bits per heavy atom. The van der Waals surface area contributed by atoms with E-state index in [2.05, 4.69) is 0 Å². The van der Waals surface area contributed by atoms with Gasteiger partial charge in [0, 0.05) is 5.69 Å². The summed E-state index contributed by atoms with van der Waals surface area (Å²) in [5.41, 5.74) is 2.01. The number of hydrogen-bond acceptors (Lipinski definition) is 4. The molecule has 0 aromatic heterocycles. The highest BCUT2D eigenvalue weighted by Crippen LogP contribution is 2.44. The number of rotatable bonds is 6. The van der Waals surface area contributed by atoms with E-state index < -0.39 is 0 Å². The molecule has 1 amide bonds. The van der Waals surface area contributed by atoms with Crippen molar-refractivity contribution in [2.45, 2.75) is 18.2 Å². The second kappa shape index (κ2) is 7.18. The minimum atomic E-state index is -0.0510. The Kier molecular flexibility index (Phi) is 5.00. The van der Waals surface area contributed by atoms with Crippen molar-refractivity contribution in [3.8, 4) is 11.5 Å². The molecule has 2 aromatic carbocycles.